The number of carboxylic acids is 1. The molecule has 2 rings (SSSR count). The third-order valence-electron chi connectivity index (χ3n) is 2.84. The lowest BCUT2D eigenvalue weighted by molar-refractivity contribution is -0.133. The van der Waals surface area contributed by atoms with Crippen LogP contribution in [0, 0.1) is 0 Å². The molecular formula is C14H14Cl2N2O2S. The normalized spacial score (nSPS) is 11.6. The Kier molecular flexibility index (Phi) is 5.56. The summed E-state index contributed by atoms with van der Waals surface area (Å²) in [4.78, 5) is 15.2. The summed E-state index contributed by atoms with van der Waals surface area (Å²) in [5.74, 6) is -0.905. The van der Waals surface area contributed by atoms with Crippen LogP contribution >= 0.6 is 35.0 Å². The van der Waals surface area contributed by atoms with Crippen LogP contribution in [0.15, 0.2) is 29.4 Å². The Balaban J connectivity index is 2.43. The zero-order chi connectivity index (χ0) is 15.4. The van der Waals surface area contributed by atoms with Crippen molar-refractivity contribution in [3.05, 3.63) is 34.3 Å². The maximum atomic E-state index is 10.8. The summed E-state index contributed by atoms with van der Waals surface area (Å²) in [6.07, 6.45) is 4.87. The van der Waals surface area contributed by atoms with E-state index >= 15 is 0 Å². The number of aryl methyl sites for hydroxylation is 1. The molecule has 2 aromatic rings. The lowest BCUT2D eigenvalue weighted by Crippen LogP contribution is -2.03. The van der Waals surface area contributed by atoms with Gasteiger partial charge < -0.3 is 9.67 Å². The minimum absolute atomic E-state index is 0.0333. The Morgan fingerprint density at radius 1 is 1.43 bits per heavy atom. The van der Waals surface area contributed by atoms with Crippen LogP contribution < -0.4 is 0 Å². The van der Waals surface area contributed by atoms with Crippen molar-refractivity contribution < 1.29 is 9.90 Å². The molecule has 0 spiro atoms. The Bertz CT molecular complexity index is 698. The van der Waals surface area contributed by atoms with Crippen molar-refractivity contribution in [2.45, 2.75) is 25.0 Å². The molecule has 4 nitrogen and oxygen atoms in total. The van der Waals surface area contributed by atoms with Gasteiger partial charge in [-0.05, 0) is 25.5 Å². The Hall–Kier alpha value is -1.17. The third kappa shape index (κ3) is 3.93. The fourth-order valence-electron chi connectivity index (χ4n) is 1.92. The second-order valence-electron chi connectivity index (χ2n) is 4.34. The summed E-state index contributed by atoms with van der Waals surface area (Å²) in [6.45, 7) is 2.67. The minimum Gasteiger partial charge on any atom is -0.481 e. The molecule has 1 aromatic carbocycles. The van der Waals surface area contributed by atoms with E-state index in [4.69, 9.17) is 28.3 Å². The number of aliphatic carboxylic acids is 1. The molecule has 0 unspecified atom stereocenters. The van der Waals surface area contributed by atoms with Crippen molar-refractivity contribution in [2.75, 3.05) is 5.75 Å². The van der Waals surface area contributed by atoms with Gasteiger partial charge in [0, 0.05) is 6.54 Å². The van der Waals surface area contributed by atoms with E-state index in [-0.39, 0.29) is 5.75 Å². The summed E-state index contributed by atoms with van der Waals surface area (Å²) < 4.78 is 1.98. The topological polar surface area (TPSA) is 55.1 Å². The maximum Gasteiger partial charge on any atom is 0.313 e. The Morgan fingerprint density at radius 3 is 2.81 bits per heavy atom. The van der Waals surface area contributed by atoms with Gasteiger partial charge >= 0.3 is 5.97 Å². The van der Waals surface area contributed by atoms with Gasteiger partial charge in [-0.3, -0.25) is 4.79 Å². The highest BCUT2D eigenvalue weighted by molar-refractivity contribution is 7.99. The largest absolute Gasteiger partial charge is 0.481 e. The van der Waals surface area contributed by atoms with Gasteiger partial charge in [-0.2, -0.15) is 0 Å². The zero-order valence-electron chi connectivity index (χ0n) is 11.3. The van der Waals surface area contributed by atoms with Crippen molar-refractivity contribution in [1.29, 1.82) is 0 Å². The molecule has 0 bridgehead atoms. The first kappa shape index (κ1) is 16.2. The molecule has 21 heavy (non-hydrogen) atoms. The lowest BCUT2D eigenvalue weighted by Gasteiger charge is -2.07. The van der Waals surface area contributed by atoms with Crippen LogP contribution in [0.4, 0.5) is 0 Å². The number of halogens is 2. The van der Waals surface area contributed by atoms with Crippen molar-refractivity contribution in [3.8, 4) is 0 Å². The number of benzene rings is 1. The molecule has 0 aliphatic rings. The van der Waals surface area contributed by atoms with Gasteiger partial charge in [-0.1, -0.05) is 47.1 Å². The number of fused-ring (bicyclic) bond motifs is 1. The molecule has 1 aromatic heterocycles. The van der Waals surface area contributed by atoms with E-state index in [1.807, 2.05) is 17.6 Å². The molecule has 1 heterocycles. The second-order valence-corrected chi connectivity index (χ2v) is 6.10. The van der Waals surface area contributed by atoms with E-state index in [1.54, 1.807) is 12.1 Å². The fourth-order valence-corrected chi connectivity index (χ4v) is 3.00. The van der Waals surface area contributed by atoms with Gasteiger partial charge in [0.1, 0.15) is 0 Å². The van der Waals surface area contributed by atoms with Crippen LogP contribution in [-0.4, -0.2) is 26.4 Å². The zero-order valence-corrected chi connectivity index (χ0v) is 13.7. The van der Waals surface area contributed by atoms with Gasteiger partial charge in [0.05, 0.1) is 26.8 Å². The van der Waals surface area contributed by atoms with Crippen LogP contribution in [0.3, 0.4) is 0 Å². The number of imidazole rings is 1. The highest BCUT2D eigenvalue weighted by Crippen LogP contribution is 2.31. The number of hydrogen-bond acceptors (Lipinski definition) is 3. The number of carbonyl (C=O) groups is 1. The summed E-state index contributed by atoms with van der Waals surface area (Å²) in [7, 11) is 0. The van der Waals surface area contributed by atoms with Crippen LogP contribution in [0.25, 0.3) is 11.0 Å². The summed E-state index contributed by atoms with van der Waals surface area (Å²) in [6, 6.07) is 3.48. The fraction of sp³-hybridized carbons (Fsp3) is 0.286. The predicted molar refractivity (Wildman–Crippen MR) is 87.5 cm³/mol. The van der Waals surface area contributed by atoms with Gasteiger partial charge in [-0.15, -0.1) is 0 Å². The number of thioether (sulfide) groups is 1. The van der Waals surface area contributed by atoms with E-state index in [0.717, 1.165) is 17.5 Å². The molecule has 0 saturated carbocycles. The van der Waals surface area contributed by atoms with Crippen LogP contribution in [-0.2, 0) is 11.3 Å². The minimum atomic E-state index is -0.872. The predicted octanol–water partition coefficient (Wildman–Crippen LogP) is 4.49. The van der Waals surface area contributed by atoms with E-state index in [1.165, 1.54) is 11.8 Å². The molecule has 0 atom stereocenters. The molecule has 0 radical (unpaired) electrons. The average Bonchev–Trinajstić information content (AvgIpc) is 2.75. The van der Waals surface area contributed by atoms with Gasteiger partial charge in [-0.25, -0.2) is 4.98 Å². The lowest BCUT2D eigenvalue weighted by atomic mass is 10.3. The van der Waals surface area contributed by atoms with E-state index < -0.39 is 5.97 Å². The molecule has 0 aliphatic heterocycles. The number of hydrogen-bond donors (Lipinski definition) is 1. The number of nitrogens with zero attached hydrogens (tertiary/aromatic N) is 2. The van der Waals surface area contributed by atoms with Crippen molar-refractivity contribution >= 4 is 52.0 Å². The first-order chi connectivity index (χ1) is 10.0. The van der Waals surface area contributed by atoms with Crippen LogP contribution in [0.5, 0.6) is 0 Å². The summed E-state index contributed by atoms with van der Waals surface area (Å²) >= 11 is 13.3. The Morgan fingerprint density at radius 2 is 2.14 bits per heavy atom. The smallest absolute Gasteiger partial charge is 0.313 e. The quantitative estimate of drug-likeness (QED) is 0.619. The molecule has 0 fully saturated rings. The SMILES string of the molecule is C/C=C/CCn1c(SCC(=O)O)nc2cc(Cl)c(Cl)cc21. The highest BCUT2D eigenvalue weighted by Gasteiger charge is 2.14. The molecule has 7 heteroatoms. The number of allylic oxidation sites excluding steroid dienone is 2. The van der Waals surface area contributed by atoms with Crippen molar-refractivity contribution in [3.63, 3.8) is 0 Å². The van der Waals surface area contributed by atoms with Gasteiger partial charge in [0.25, 0.3) is 0 Å². The van der Waals surface area contributed by atoms with Crippen molar-refractivity contribution in [1.82, 2.24) is 9.55 Å². The summed E-state index contributed by atoms with van der Waals surface area (Å²) in [5, 5.41) is 10.4. The molecule has 0 aliphatic carbocycles. The molecule has 0 amide bonds. The van der Waals surface area contributed by atoms with Crippen LogP contribution in [0.1, 0.15) is 13.3 Å². The van der Waals surface area contributed by atoms with Crippen molar-refractivity contribution in [2.24, 2.45) is 0 Å². The summed E-state index contributed by atoms with van der Waals surface area (Å²) in [5.41, 5.74) is 1.58. The second kappa shape index (κ2) is 7.20. The maximum absolute atomic E-state index is 10.8. The number of rotatable bonds is 6. The highest BCUT2D eigenvalue weighted by atomic mass is 35.5. The molecule has 0 saturated heterocycles. The standard InChI is InChI=1S/C14H14Cl2N2O2S/c1-2-3-4-5-18-12-7-10(16)9(15)6-11(12)17-14(18)21-8-13(19)20/h2-3,6-7H,4-5,8H2,1H3,(H,19,20)/b3-2+. The molecule has 112 valence electrons. The van der Waals surface area contributed by atoms with Gasteiger partial charge in [0.2, 0.25) is 0 Å². The van der Waals surface area contributed by atoms with Gasteiger partial charge in [0.15, 0.2) is 5.16 Å². The average molecular weight is 345 g/mol. The van der Waals surface area contributed by atoms with E-state index in [0.29, 0.717) is 21.7 Å². The number of carboxylic acid groups (broad SMARTS) is 1. The first-order valence-electron chi connectivity index (χ1n) is 6.34. The van der Waals surface area contributed by atoms with E-state index in [2.05, 4.69) is 11.1 Å². The first-order valence-corrected chi connectivity index (χ1v) is 8.08. The van der Waals surface area contributed by atoms with E-state index in [9.17, 15) is 4.79 Å². The monoisotopic (exact) mass is 344 g/mol. The molecule has 1 N–H and O–H groups in total. The number of aromatic nitrogens is 2. The Labute approximate surface area is 136 Å². The van der Waals surface area contributed by atoms with Crippen LogP contribution in [0.2, 0.25) is 10.0 Å². The molecular weight excluding hydrogens is 331 g/mol. The third-order valence-corrected chi connectivity index (χ3v) is 4.52.